The Bertz CT molecular complexity index is 5920. The fourth-order valence-corrected chi connectivity index (χ4v) is 14.5. The van der Waals surface area contributed by atoms with Gasteiger partial charge in [-0.3, -0.25) is 0 Å². The van der Waals surface area contributed by atoms with E-state index in [1.165, 1.54) is 167 Å². The van der Waals surface area contributed by atoms with Crippen molar-refractivity contribution >= 4 is 53.9 Å². The Hall–Kier alpha value is -10.8. The molecule has 0 fully saturated rings. The molecule has 518 valence electrons. The molecule has 0 saturated heterocycles. The molecule has 5 nitrogen and oxygen atoms in total. The molecule has 0 aliphatic rings. The summed E-state index contributed by atoms with van der Waals surface area (Å²) in [6.07, 6.45) is 10.7. The Labute approximate surface area is 621 Å². The Kier molecular flexibility index (Phi) is 20.5. The summed E-state index contributed by atoms with van der Waals surface area (Å²) in [4.78, 5) is 0. The van der Waals surface area contributed by atoms with Gasteiger partial charge < -0.3 is 0 Å². The van der Waals surface area contributed by atoms with E-state index in [1.807, 2.05) is 45.3 Å². The summed E-state index contributed by atoms with van der Waals surface area (Å²) in [7, 11) is 10.5. The highest BCUT2D eigenvalue weighted by atomic mass is 14.9. The van der Waals surface area contributed by atoms with Crippen LogP contribution in [0.4, 0.5) is 0 Å². The number of hydrogen-bond acceptors (Lipinski definition) is 0. The Morgan fingerprint density at radius 3 is 1.05 bits per heavy atom. The van der Waals surface area contributed by atoms with E-state index in [4.69, 9.17) is 6.85 Å². The predicted molar refractivity (Wildman–Crippen MR) is 438 cm³/mol. The van der Waals surface area contributed by atoms with Gasteiger partial charge in [-0.15, -0.1) is 0 Å². The van der Waals surface area contributed by atoms with Crippen molar-refractivity contribution in [2.75, 3.05) is 0 Å². The number of rotatable bonds is 7. The van der Waals surface area contributed by atoms with Crippen LogP contribution >= 0.6 is 0 Å². The lowest BCUT2D eigenvalue weighted by Gasteiger charge is -2.12. The van der Waals surface area contributed by atoms with Crippen molar-refractivity contribution in [2.45, 2.75) is 122 Å². The van der Waals surface area contributed by atoms with Gasteiger partial charge in [0.05, 0.1) is 32.8 Å². The van der Waals surface area contributed by atoms with Crippen LogP contribution in [-0.2, 0) is 35.2 Å². The first-order valence-corrected chi connectivity index (χ1v) is 36.0. The molecule has 15 rings (SSSR count). The van der Waals surface area contributed by atoms with Crippen molar-refractivity contribution in [3.63, 3.8) is 0 Å². The number of pyridine rings is 5. The molecular weight excluding hydrogens is 1250 g/mol. The van der Waals surface area contributed by atoms with Crippen LogP contribution in [0.2, 0.25) is 0 Å². The Morgan fingerprint density at radius 1 is 0.272 bits per heavy atom. The topological polar surface area (TPSA) is 19.4 Å². The minimum Gasteiger partial charge on any atom is -0.200 e. The highest BCUT2D eigenvalue weighted by Gasteiger charge is 2.23. The number of benzene rings is 10. The van der Waals surface area contributed by atoms with Gasteiger partial charge in [0.2, 0.25) is 28.5 Å². The molecule has 5 heteroatoms. The van der Waals surface area contributed by atoms with E-state index in [0.717, 1.165) is 22.0 Å². The van der Waals surface area contributed by atoms with Crippen molar-refractivity contribution in [3.8, 4) is 56.3 Å². The zero-order valence-electron chi connectivity index (χ0n) is 69.4. The van der Waals surface area contributed by atoms with Crippen LogP contribution in [0.1, 0.15) is 124 Å². The van der Waals surface area contributed by atoms with Crippen LogP contribution in [0.25, 0.3) is 110 Å². The van der Waals surface area contributed by atoms with Crippen molar-refractivity contribution in [2.24, 2.45) is 35.2 Å². The molecule has 5 aromatic heterocycles. The third-order valence-corrected chi connectivity index (χ3v) is 20.6. The largest absolute Gasteiger partial charge is 0.220 e. The van der Waals surface area contributed by atoms with E-state index in [2.05, 4.69) is 353 Å². The molecule has 0 aliphatic carbocycles. The quantitative estimate of drug-likeness (QED) is 0.142. The number of aryl methyl sites for hydroxylation is 14. The van der Waals surface area contributed by atoms with Gasteiger partial charge in [0, 0.05) is 59.1 Å². The van der Waals surface area contributed by atoms with Gasteiger partial charge in [0.1, 0.15) is 35.2 Å². The second-order valence-electron chi connectivity index (χ2n) is 28.8. The van der Waals surface area contributed by atoms with Gasteiger partial charge >= 0.3 is 0 Å². The van der Waals surface area contributed by atoms with E-state index >= 15 is 0 Å². The molecule has 1 atom stereocenters. The van der Waals surface area contributed by atoms with E-state index in [0.29, 0.717) is 5.56 Å². The normalized spacial score (nSPS) is 12.6. The van der Waals surface area contributed by atoms with E-state index < -0.39 is 18.6 Å². The summed E-state index contributed by atoms with van der Waals surface area (Å²) in [6, 6.07) is 77.0. The van der Waals surface area contributed by atoms with Crippen LogP contribution in [0.5, 0.6) is 0 Å². The number of hydrogen-bond donors (Lipinski definition) is 0. The summed E-state index contributed by atoms with van der Waals surface area (Å²) in [6.45, 7) is 28.9. The first-order chi connectivity index (χ1) is 51.1. The van der Waals surface area contributed by atoms with E-state index in [9.17, 15) is 0 Å². The van der Waals surface area contributed by atoms with Gasteiger partial charge in [-0.2, -0.15) is 0 Å². The SMILES string of the molecule is Cc1cc(C)c(C)c(-c2c3ccccc3cc[n+]2C)c1.Cc1ccc(-c2cc3ccccc3c[n+]2C)c(C)c1.Cc1ccccc1-c1cc2ccccc2c[n+]1C.[2H]C(C)(C)c1ccc2c(-c3cc(C)cc(C)c3C)[n+](C)ccc2c1.[2H]C([2H])([2H])C([2H])(C)c1ccc2c(-c3cc(C)cc(C)c3C)[n+](C)ccc2c1. The molecule has 0 amide bonds. The molecule has 0 spiro atoms. The third-order valence-electron chi connectivity index (χ3n) is 20.6. The van der Waals surface area contributed by atoms with Crippen LogP contribution in [-0.4, -0.2) is 0 Å². The van der Waals surface area contributed by atoms with Crippen molar-refractivity contribution in [3.05, 3.63) is 327 Å². The molecule has 0 bridgehead atoms. The number of fused-ring (bicyclic) bond motifs is 5. The molecule has 15 aromatic rings. The minimum absolute atomic E-state index is 0.506. The van der Waals surface area contributed by atoms with Crippen molar-refractivity contribution in [1.82, 2.24) is 0 Å². The molecule has 0 radical (unpaired) electrons. The fourth-order valence-electron chi connectivity index (χ4n) is 14.5. The molecule has 103 heavy (non-hydrogen) atoms. The van der Waals surface area contributed by atoms with Gasteiger partial charge in [-0.1, -0.05) is 177 Å². The first-order valence-electron chi connectivity index (χ1n) is 38.5. The molecule has 10 aromatic carbocycles. The molecule has 0 aliphatic heterocycles. The summed E-state index contributed by atoms with van der Waals surface area (Å²) in [5.41, 5.74) is 29.7. The maximum Gasteiger partial charge on any atom is 0.220 e. The lowest BCUT2D eigenvalue weighted by molar-refractivity contribution is -0.659. The summed E-state index contributed by atoms with van der Waals surface area (Å²) < 4.78 is 50.7. The lowest BCUT2D eigenvalue weighted by atomic mass is 9.93. The zero-order chi connectivity index (χ0) is 78.0. The van der Waals surface area contributed by atoms with Crippen molar-refractivity contribution < 1.29 is 29.7 Å². The van der Waals surface area contributed by atoms with Gasteiger partial charge in [0.15, 0.2) is 31.0 Å². The summed E-state index contributed by atoms with van der Waals surface area (Å²) >= 11 is 0. The standard InChI is InChI=1S/2C22H26N.C19H20N.C18H18N.C17H16N/c2*1-14(2)18-7-8-20-19(13-18)9-10-23(6)22(20)21-12-15(3)11-16(4)17(21)5;1-13-11-14(2)15(3)18(12-13)19-17-8-6-5-7-16(17)9-10-20(19)4;1-13-8-9-17(14(2)10-13)18-11-15-6-4-5-7-16(15)12-19(18)3;1-13-7-3-6-10-16(13)17-11-14-8-4-5-9-15(14)12-18(17)2/h2*7-14H,1-6H3;5-12H,1-4H3;4-12H,1-3H3;3-12H,1-2H3/q5*+1/i1D3,14D;14D;;;. The van der Waals surface area contributed by atoms with Crippen LogP contribution in [0.3, 0.4) is 0 Å². The summed E-state index contributed by atoms with van der Waals surface area (Å²) in [5.74, 6) is -2.22. The molecule has 0 N–H and O–H groups in total. The van der Waals surface area contributed by atoms with Gasteiger partial charge in [-0.25, -0.2) is 22.8 Å². The van der Waals surface area contributed by atoms with Crippen molar-refractivity contribution in [1.29, 1.82) is 0 Å². The number of nitrogens with zero attached hydrogens (tertiary/aromatic N) is 5. The average molecular weight is 1360 g/mol. The monoisotopic (exact) mass is 1360 g/mol. The maximum atomic E-state index is 8.38. The molecule has 1 unspecified atom stereocenters. The van der Waals surface area contributed by atoms with Crippen LogP contribution in [0.15, 0.2) is 249 Å². The Morgan fingerprint density at radius 2 is 0.631 bits per heavy atom. The second-order valence-corrected chi connectivity index (χ2v) is 28.8. The van der Waals surface area contributed by atoms with E-state index in [1.54, 1.807) is 6.07 Å². The number of aromatic nitrogens is 5. The third kappa shape index (κ3) is 16.3. The maximum absolute atomic E-state index is 8.38. The fraction of sp³-hybridized carbons (Fsp3) is 0.235. The van der Waals surface area contributed by atoms with E-state index in [-0.39, 0.29) is 0 Å². The second kappa shape index (κ2) is 31.6. The van der Waals surface area contributed by atoms with Crippen LogP contribution in [0, 0.1) is 83.1 Å². The van der Waals surface area contributed by atoms with Crippen LogP contribution < -0.4 is 22.8 Å². The van der Waals surface area contributed by atoms with Gasteiger partial charge in [0.25, 0.3) is 0 Å². The minimum atomic E-state index is -2.38. The average Bonchev–Trinajstić information content (AvgIpc) is 0.770. The first kappa shape index (κ1) is 66.8. The zero-order valence-corrected chi connectivity index (χ0v) is 64.4. The highest BCUT2D eigenvalue weighted by Crippen LogP contribution is 2.36. The molecular formula is C98H106N5+5. The molecule has 5 heterocycles. The molecule has 0 saturated carbocycles. The van der Waals surface area contributed by atoms with Gasteiger partial charge in [-0.05, 0) is 238 Å². The smallest absolute Gasteiger partial charge is 0.200 e. The lowest BCUT2D eigenvalue weighted by Crippen LogP contribution is -2.30. The summed E-state index contributed by atoms with van der Waals surface area (Å²) in [5, 5.41) is 12.2. The highest BCUT2D eigenvalue weighted by molar-refractivity contribution is 5.97. The Balaban J connectivity index is 0.000000135. The predicted octanol–water partition coefficient (Wildman–Crippen LogP) is 22.6.